The third kappa shape index (κ3) is 2.31. The van der Waals surface area contributed by atoms with Crippen molar-refractivity contribution in [1.29, 1.82) is 0 Å². The molecule has 1 heterocycles. The Morgan fingerprint density at radius 1 is 1.07 bits per heavy atom. The molecule has 0 fully saturated rings. The van der Waals surface area contributed by atoms with Gasteiger partial charge in [-0.2, -0.15) is 0 Å². The highest BCUT2D eigenvalue weighted by molar-refractivity contribution is 6.36. The molecule has 0 N–H and O–H groups in total. The molecule has 0 bridgehead atoms. The summed E-state index contributed by atoms with van der Waals surface area (Å²) >= 11 is 11.9. The van der Waals surface area contributed by atoms with Crippen LogP contribution in [0.2, 0.25) is 10.0 Å². The van der Waals surface area contributed by atoms with Crippen LogP contribution in [0.15, 0.2) is 36.5 Å². The average molecular weight is 238 g/mol. The van der Waals surface area contributed by atoms with E-state index in [1.54, 1.807) is 6.07 Å². The fourth-order valence-electron chi connectivity index (χ4n) is 1.32. The number of aryl methyl sites for hydroxylation is 1. The van der Waals surface area contributed by atoms with E-state index < -0.39 is 0 Å². The minimum absolute atomic E-state index is 0.624. The Balaban J connectivity index is 2.49. The Hall–Kier alpha value is -1.05. The maximum atomic E-state index is 6.08. The zero-order valence-electron chi connectivity index (χ0n) is 8.17. The molecule has 2 rings (SSSR count). The molecule has 1 aromatic heterocycles. The smallest absolute Gasteiger partial charge is 0.0717 e. The van der Waals surface area contributed by atoms with E-state index in [2.05, 4.69) is 4.98 Å². The molecule has 0 saturated carbocycles. The lowest BCUT2D eigenvalue weighted by Gasteiger charge is -2.04. The van der Waals surface area contributed by atoms with E-state index in [1.165, 1.54) is 0 Å². The standard InChI is InChI=1S/C12H9Cl2N/c1-8-2-5-12(15-7-8)10-4-3-9(13)6-11(10)14/h2-7H,1H3. The normalized spacial score (nSPS) is 10.3. The van der Waals surface area contributed by atoms with Crippen LogP contribution in [0.4, 0.5) is 0 Å². The van der Waals surface area contributed by atoms with Crippen LogP contribution in [0, 0.1) is 6.92 Å². The summed E-state index contributed by atoms with van der Waals surface area (Å²) in [6.45, 7) is 2.00. The topological polar surface area (TPSA) is 12.9 Å². The molecule has 1 aromatic carbocycles. The third-order valence-electron chi connectivity index (χ3n) is 2.12. The van der Waals surface area contributed by atoms with Gasteiger partial charge >= 0.3 is 0 Å². The maximum Gasteiger partial charge on any atom is 0.0717 e. The molecule has 0 spiro atoms. The van der Waals surface area contributed by atoms with Crippen LogP contribution in [-0.4, -0.2) is 4.98 Å². The summed E-state index contributed by atoms with van der Waals surface area (Å²) in [4.78, 5) is 4.31. The molecule has 0 aliphatic heterocycles. The molecule has 2 aromatic rings. The second-order valence-corrected chi connectivity index (χ2v) is 4.19. The first-order valence-electron chi connectivity index (χ1n) is 4.55. The summed E-state index contributed by atoms with van der Waals surface area (Å²) < 4.78 is 0. The molecule has 0 amide bonds. The predicted octanol–water partition coefficient (Wildman–Crippen LogP) is 4.36. The van der Waals surface area contributed by atoms with Crippen molar-refractivity contribution in [2.75, 3.05) is 0 Å². The molecule has 0 aliphatic rings. The molecular formula is C12H9Cl2N. The van der Waals surface area contributed by atoms with E-state index in [-0.39, 0.29) is 0 Å². The van der Waals surface area contributed by atoms with Gasteiger partial charge in [-0.05, 0) is 36.8 Å². The molecule has 0 aliphatic carbocycles. The van der Waals surface area contributed by atoms with Gasteiger partial charge in [-0.1, -0.05) is 29.3 Å². The summed E-state index contributed by atoms with van der Waals surface area (Å²) in [6.07, 6.45) is 1.82. The Kier molecular flexibility index (Phi) is 2.94. The van der Waals surface area contributed by atoms with Gasteiger partial charge in [0.05, 0.1) is 10.7 Å². The average Bonchev–Trinajstić information content (AvgIpc) is 2.20. The van der Waals surface area contributed by atoms with E-state index in [1.807, 2.05) is 37.4 Å². The van der Waals surface area contributed by atoms with Gasteiger partial charge in [0, 0.05) is 16.8 Å². The molecular weight excluding hydrogens is 229 g/mol. The van der Waals surface area contributed by atoms with Crippen LogP contribution < -0.4 is 0 Å². The number of pyridine rings is 1. The largest absolute Gasteiger partial charge is 0.256 e. The van der Waals surface area contributed by atoms with Crippen molar-refractivity contribution in [3.63, 3.8) is 0 Å². The van der Waals surface area contributed by atoms with E-state index in [4.69, 9.17) is 23.2 Å². The van der Waals surface area contributed by atoms with Crippen molar-refractivity contribution in [2.45, 2.75) is 6.92 Å². The van der Waals surface area contributed by atoms with Crippen LogP contribution in [0.25, 0.3) is 11.3 Å². The van der Waals surface area contributed by atoms with Crippen molar-refractivity contribution >= 4 is 23.2 Å². The maximum absolute atomic E-state index is 6.08. The van der Waals surface area contributed by atoms with E-state index in [0.29, 0.717) is 10.0 Å². The van der Waals surface area contributed by atoms with Crippen LogP contribution in [0.5, 0.6) is 0 Å². The van der Waals surface area contributed by atoms with Crippen LogP contribution in [0.3, 0.4) is 0 Å². The summed E-state index contributed by atoms with van der Waals surface area (Å²) in [5.41, 5.74) is 2.90. The predicted molar refractivity (Wildman–Crippen MR) is 64.4 cm³/mol. The zero-order chi connectivity index (χ0) is 10.8. The first-order valence-corrected chi connectivity index (χ1v) is 5.30. The number of hydrogen-bond donors (Lipinski definition) is 0. The van der Waals surface area contributed by atoms with Gasteiger partial charge in [0.15, 0.2) is 0 Å². The summed E-state index contributed by atoms with van der Waals surface area (Å²) in [7, 11) is 0. The lowest BCUT2D eigenvalue weighted by atomic mass is 10.1. The van der Waals surface area contributed by atoms with Gasteiger partial charge in [0.1, 0.15) is 0 Å². The van der Waals surface area contributed by atoms with Crippen molar-refractivity contribution < 1.29 is 0 Å². The Bertz CT molecular complexity index is 477. The molecule has 76 valence electrons. The van der Waals surface area contributed by atoms with Crippen molar-refractivity contribution in [2.24, 2.45) is 0 Å². The number of benzene rings is 1. The molecule has 0 saturated heterocycles. The molecule has 0 radical (unpaired) electrons. The number of hydrogen-bond acceptors (Lipinski definition) is 1. The van der Waals surface area contributed by atoms with Crippen molar-refractivity contribution in [1.82, 2.24) is 4.98 Å². The van der Waals surface area contributed by atoms with E-state index >= 15 is 0 Å². The third-order valence-corrected chi connectivity index (χ3v) is 2.67. The second-order valence-electron chi connectivity index (χ2n) is 3.34. The summed E-state index contributed by atoms with van der Waals surface area (Å²) in [5, 5.41) is 1.26. The SMILES string of the molecule is Cc1ccc(-c2ccc(Cl)cc2Cl)nc1. The number of rotatable bonds is 1. The lowest BCUT2D eigenvalue weighted by Crippen LogP contribution is -1.85. The Morgan fingerprint density at radius 2 is 1.87 bits per heavy atom. The van der Waals surface area contributed by atoms with Crippen molar-refractivity contribution in [3.05, 3.63) is 52.1 Å². The molecule has 15 heavy (non-hydrogen) atoms. The van der Waals surface area contributed by atoms with Crippen LogP contribution in [-0.2, 0) is 0 Å². The fourth-order valence-corrected chi connectivity index (χ4v) is 1.83. The number of halogens is 2. The van der Waals surface area contributed by atoms with Crippen LogP contribution in [0.1, 0.15) is 5.56 Å². The van der Waals surface area contributed by atoms with Gasteiger partial charge < -0.3 is 0 Å². The van der Waals surface area contributed by atoms with Crippen molar-refractivity contribution in [3.8, 4) is 11.3 Å². The zero-order valence-corrected chi connectivity index (χ0v) is 9.68. The minimum atomic E-state index is 0.624. The monoisotopic (exact) mass is 237 g/mol. The van der Waals surface area contributed by atoms with Crippen LogP contribution >= 0.6 is 23.2 Å². The second kappa shape index (κ2) is 4.21. The van der Waals surface area contributed by atoms with Gasteiger partial charge in [0.2, 0.25) is 0 Å². The highest BCUT2D eigenvalue weighted by atomic mass is 35.5. The first-order chi connectivity index (χ1) is 7.16. The number of aromatic nitrogens is 1. The summed E-state index contributed by atoms with van der Waals surface area (Å²) in [5.74, 6) is 0. The Morgan fingerprint density at radius 3 is 2.47 bits per heavy atom. The van der Waals surface area contributed by atoms with Gasteiger partial charge in [-0.3, -0.25) is 4.98 Å². The molecule has 1 nitrogen and oxygen atoms in total. The quantitative estimate of drug-likeness (QED) is 0.719. The lowest BCUT2D eigenvalue weighted by molar-refractivity contribution is 1.27. The van der Waals surface area contributed by atoms with E-state index in [9.17, 15) is 0 Å². The molecule has 0 atom stereocenters. The van der Waals surface area contributed by atoms with Gasteiger partial charge in [-0.25, -0.2) is 0 Å². The van der Waals surface area contributed by atoms with Gasteiger partial charge in [-0.15, -0.1) is 0 Å². The number of nitrogens with zero attached hydrogens (tertiary/aromatic N) is 1. The Labute approximate surface area is 98.7 Å². The first kappa shape index (κ1) is 10.5. The highest BCUT2D eigenvalue weighted by Crippen LogP contribution is 2.28. The van der Waals surface area contributed by atoms with E-state index in [0.717, 1.165) is 16.8 Å². The van der Waals surface area contributed by atoms with Gasteiger partial charge in [0.25, 0.3) is 0 Å². The fraction of sp³-hybridized carbons (Fsp3) is 0.0833. The summed E-state index contributed by atoms with van der Waals surface area (Å²) in [6, 6.07) is 9.37. The minimum Gasteiger partial charge on any atom is -0.256 e. The molecule has 0 unspecified atom stereocenters. The highest BCUT2D eigenvalue weighted by Gasteiger charge is 2.04. The molecule has 3 heteroatoms.